The van der Waals surface area contributed by atoms with Gasteiger partial charge in [0.25, 0.3) is 5.91 Å². The Morgan fingerprint density at radius 2 is 2.14 bits per heavy atom. The van der Waals surface area contributed by atoms with Gasteiger partial charge in [-0.1, -0.05) is 6.92 Å². The van der Waals surface area contributed by atoms with E-state index in [0.29, 0.717) is 19.0 Å². The highest BCUT2D eigenvalue weighted by molar-refractivity contribution is 5.93. The number of carbonyl (C=O) groups is 1. The number of aromatic amines is 1. The van der Waals surface area contributed by atoms with Crippen molar-refractivity contribution in [3.63, 3.8) is 0 Å². The monoisotopic (exact) mass is 302 g/mol. The maximum atomic E-state index is 12.8. The van der Waals surface area contributed by atoms with E-state index < -0.39 is 23.5 Å². The van der Waals surface area contributed by atoms with Crippen LogP contribution < -0.4 is 0 Å². The first-order chi connectivity index (χ1) is 9.71. The summed E-state index contributed by atoms with van der Waals surface area (Å²) in [4.78, 5) is 21.7. The minimum absolute atomic E-state index is 0.0425. The number of nitrogens with one attached hydrogen (secondary N) is 1. The molecule has 0 radical (unpaired) electrons. The van der Waals surface area contributed by atoms with Crippen molar-refractivity contribution in [2.75, 3.05) is 33.2 Å². The summed E-state index contributed by atoms with van der Waals surface area (Å²) in [6.45, 7) is 4.78. The predicted molar refractivity (Wildman–Crippen MR) is 68.6 cm³/mol. The summed E-state index contributed by atoms with van der Waals surface area (Å²) in [5, 5.41) is 0. The Bertz CT molecular complexity index is 570. The molecule has 21 heavy (non-hydrogen) atoms. The van der Waals surface area contributed by atoms with Crippen LogP contribution in [0, 0.1) is 11.3 Å². The van der Waals surface area contributed by atoms with Gasteiger partial charge in [-0.3, -0.25) is 4.79 Å². The Morgan fingerprint density at radius 3 is 2.76 bits per heavy atom. The van der Waals surface area contributed by atoms with Crippen LogP contribution in [0.25, 0.3) is 0 Å². The third-order valence-electron chi connectivity index (χ3n) is 4.55. The summed E-state index contributed by atoms with van der Waals surface area (Å²) >= 11 is 0. The molecule has 2 aliphatic rings. The van der Waals surface area contributed by atoms with E-state index in [0.717, 1.165) is 19.4 Å². The molecule has 1 aromatic heterocycles. The predicted octanol–water partition coefficient (Wildman–Crippen LogP) is 1.45. The number of halogens is 3. The second-order valence-corrected chi connectivity index (χ2v) is 6.36. The molecule has 1 N–H and O–H groups in total. The second kappa shape index (κ2) is 4.46. The lowest BCUT2D eigenvalue weighted by molar-refractivity contribution is -0.141. The lowest BCUT2D eigenvalue weighted by atomic mass is 9.83. The smallest absolute Gasteiger partial charge is 0.340 e. The van der Waals surface area contributed by atoms with Crippen LogP contribution in [-0.4, -0.2) is 58.9 Å². The lowest BCUT2D eigenvalue weighted by Crippen LogP contribution is -2.35. The Morgan fingerprint density at radius 1 is 1.43 bits per heavy atom. The second-order valence-electron chi connectivity index (χ2n) is 6.36. The first-order valence-corrected chi connectivity index (χ1v) is 6.79. The number of carbonyl (C=O) groups excluding carboxylic acids is 1. The quantitative estimate of drug-likeness (QED) is 0.854. The molecule has 3 heterocycles. The maximum Gasteiger partial charge on any atom is 0.433 e. The fraction of sp³-hybridized carbons (Fsp3) is 0.692. The Balaban J connectivity index is 1.81. The number of H-pyrrole nitrogens is 1. The molecular formula is C13H17F3N4O. The van der Waals surface area contributed by atoms with Crippen LogP contribution in [0.5, 0.6) is 0 Å². The molecule has 5 nitrogen and oxygen atoms in total. The lowest BCUT2D eigenvalue weighted by Gasteiger charge is -2.23. The van der Waals surface area contributed by atoms with E-state index in [4.69, 9.17) is 0 Å². The molecule has 0 bridgehead atoms. The Labute approximate surface area is 120 Å². The molecule has 2 fully saturated rings. The zero-order valence-corrected chi connectivity index (χ0v) is 11.9. The van der Waals surface area contributed by atoms with Crippen LogP contribution in [0.15, 0.2) is 6.33 Å². The summed E-state index contributed by atoms with van der Waals surface area (Å²) in [5.74, 6) is -0.332. The normalized spacial score (nSPS) is 30.0. The standard InChI is InChI=1S/C13H17F3N4O/c1-12-5-19(2)3-8(12)4-20(6-12)11(21)9-10(13(14,15)16)18-7-17-9/h7-8H,3-6H2,1-2H3,(H,17,18)/t8-,12+/m1/s1. The van der Waals surface area contributed by atoms with Crippen molar-refractivity contribution in [2.24, 2.45) is 11.3 Å². The number of nitrogens with zero attached hydrogens (tertiary/aromatic N) is 3. The number of fused-ring (bicyclic) bond motifs is 1. The van der Waals surface area contributed by atoms with Gasteiger partial charge < -0.3 is 14.8 Å². The minimum atomic E-state index is -4.60. The van der Waals surface area contributed by atoms with Gasteiger partial charge in [0, 0.05) is 31.6 Å². The van der Waals surface area contributed by atoms with E-state index in [1.165, 1.54) is 4.90 Å². The van der Waals surface area contributed by atoms with Crippen LogP contribution in [0.1, 0.15) is 23.1 Å². The highest BCUT2D eigenvalue weighted by atomic mass is 19.4. The van der Waals surface area contributed by atoms with Gasteiger partial charge >= 0.3 is 6.18 Å². The zero-order chi connectivity index (χ0) is 15.4. The van der Waals surface area contributed by atoms with E-state index in [1.807, 2.05) is 12.0 Å². The molecule has 116 valence electrons. The van der Waals surface area contributed by atoms with Gasteiger partial charge in [-0.25, -0.2) is 4.98 Å². The summed E-state index contributed by atoms with van der Waals surface area (Å²) in [6.07, 6.45) is -3.68. The van der Waals surface area contributed by atoms with Crippen molar-refractivity contribution in [2.45, 2.75) is 13.1 Å². The number of hydrogen-bond donors (Lipinski definition) is 1. The Hall–Kier alpha value is -1.57. The SMILES string of the molecule is CN1C[C@@H]2CN(C(=O)c3nc[nH]c3C(F)(F)F)C[C@]2(C)C1. The van der Waals surface area contributed by atoms with Crippen LogP contribution in [0.4, 0.5) is 13.2 Å². The van der Waals surface area contributed by atoms with Gasteiger partial charge in [0.05, 0.1) is 6.33 Å². The van der Waals surface area contributed by atoms with Crippen LogP contribution in [-0.2, 0) is 6.18 Å². The highest BCUT2D eigenvalue weighted by Crippen LogP contribution is 2.42. The summed E-state index contributed by atoms with van der Waals surface area (Å²) in [6, 6.07) is 0. The summed E-state index contributed by atoms with van der Waals surface area (Å²) in [5.41, 5.74) is -1.63. The van der Waals surface area contributed by atoms with Crippen molar-refractivity contribution in [1.82, 2.24) is 19.8 Å². The van der Waals surface area contributed by atoms with Gasteiger partial charge in [-0.15, -0.1) is 0 Å². The molecule has 1 aromatic rings. The molecule has 1 amide bonds. The topological polar surface area (TPSA) is 52.2 Å². The van der Waals surface area contributed by atoms with Gasteiger partial charge in [0.2, 0.25) is 0 Å². The number of alkyl halides is 3. The minimum Gasteiger partial charge on any atom is -0.340 e. The molecule has 0 aliphatic carbocycles. The molecule has 2 atom stereocenters. The van der Waals surface area contributed by atoms with E-state index in [9.17, 15) is 18.0 Å². The third kappa shape index (κ3) is 2.31. The van der Waals surface area contributed by atoms with Gasteiger partial charge in [-0.05, 0) is 13.0 Å². The van der Waals surface area contributed by atoms with E-state index >= 15 is 0 Å². The van der Waals surface area contributed by atoms with E-state index in [1.54, 1.807) is 0 Å². The largest absolute Gasteiger partial charge is 0.433 e. The number of hydrogen-bond acceptors (Lipinski definition) is 3. The first kappa shape index (κ1) is 14.4. The highest BCUT2D eigenvalue weighted by Gasteiger charge is 2.50. The fourth-order valence-electron chi connectivity index (χ4n) is 3.61. The third-order valence-corrected chi connectivity index (χ3v) is 4.55. The molecule has 0 saturated carbocycles. The van der Waals surface area contributed by atoms with Crippen molar-refractivity contribution < 1.29 is 18.0 Å². The van der Waals surface area contributed by atoms with E-state index in [2.05, 4.69) is 16.8 Å². The number of likely N-dealkylation sites (tertiary alicyclic amines) is 2. The first-order valence-electron chi connectivity index (χ1n) is 6.79. The summed E-state index contributed by atoms with van der Waals surface area (Å²) in [7, 11) is 2.02. The molecular weight excluding hydrogens is 285 g/mol. The van der Waals surface area contributed by atoms with Crippen molar-refractivity contribution in [3.8, 4) is 0 Å². The Kier molecular flexibility index (Phi) is 3.05. The molecule has 0 spiro atoms. The molecule has 0 aromatic carbocycles. The van der Waals surface area contributed by atoms with Crippen LogP contribution in [0.2, 0.25) is 0 Å². The number of amides is 1. The van der Waals surface area contributed by atoms with Crippen LogP contribution >= 0.6 is 0 Å². The van der Waals surface area contributed by atoms with Gasteiger partial charge in [0.1, 0.15) is 0 Å². The molecule has 8 heteroatoms. The molecule has 2 aliphatic heterocycles. The van der Waals surface area contributed by atoms with Gasteiger partial charge in [-0.2, -0.15) is 13.2 Å². The van der Waals surface area contributed by atoms with Crippen molar-refractivity contribution in [3.05, 3.63) is 17.7 Å². The van der Waals surface area contributed by atoms with Gasteiger partial charge in [0.15, 0.2) is 11.4 Å². The molecule has 2 saturated heterocycles. The summed E-state index contributed by atoms with van der Waals surface area (Å²) < 4.78 is 38.5. The number of imidazole rings is 1. The fourth-order valence-corrected chi connectivity index (χ4v) is 3.61. The van der Waals surface area contributed by atoms with Crippen LogP contribution in [0.3, 0.4) is 0 Å². The number of rotatable bonds is 1. The molecule has 0 unspecified atom stereocenters. The zero-order valence-electron chi connectivity index (χ0n) is 11.9. The maximum absolute atomic E-state index is 12.8. The van der Waals surface area contributed by atoms with E-state index in [-0.39, 0.29) is 5.41 Å². The molecule has 3 rings (SSSR count). The average Bonchev–Trinajstić information content (AvgIpc) is 2.98. The van der Waals surface area contributed by atoms with Crippen molar-refractivity contribution in [1.29, 1.82) is 0 Å². The number of aromatic nitrogens is 2. The van der Waals surface area contributed by atoms with Crippen molar-refractivity contribution >= 4 is 5.91 Å². The average molecular weight is 302 g/mol.